The summed E-state index contributed by atoms with van der Waals surface area (Å²) in [7, 11) is 0. The molecule has 2 fully saturated rings. The Morgan fingerprint density at radius 2 is 1.49 bits per heavy atom. The molecule has 12 nitrogen and oxygen atoms in total. The van der Waals surface area contributed by atoms with Gasteiger partial charge >= 0.3 is 5.97 Å². The van der Waals surface area contributed by atoms with Crippen molar-refractivity contribution < 1.29 is 59.5 Å². The molecule has 0 amide bonds. The highest BCUT2D eigenvalue weighted by molar-refractivity contribution is 5.69. The third-order valence-electron chi connectivity index (χ3n) is 6.32. The largest absolute Gasteiger partial charge is 0.460 e. The van der Waals surface area contributed by atoms with Gasteiger partial charge in [0.2, 0.25) is 5.79 Å². The highest BCUT2D eigenvalue weighted by atomic mass is 16.8. The minimum atomic E-state index is -2.25. The molecule has 12 heteroatoms. The van der Waals surface area contributed by atoms with Gasteiger partial charge in [0.05, 0.1) is 13.2 Å². The van der Waals surface area contributed by atoms with E-state index in [2.05, 4.69) is 6.58 Å². The molecule has 0 unspecified atom stereocenters. The Bertz CT molecular complexity index is 646. The number of esters is 1. The van der Waals surface area contributed by atoms with Crippen LogP contribution in [0.4, 0.5) is 0 Å². The number of aliphatic hydroxyl groups excluding tert-OH is 7. The molecule has 7 N–H and O–H groups in total. The average molecular weight is 509 g/mol. The number of rotatable bonds is 15. The van der Waals surface area contributed by atoms with E-state index >= 15 is 0 Å². The number of carbonyl (C=O) groups is 1. The van der Waals surface area contributed by atoms with Crippen molar-refractivity contribution in [3.63, 3.8) is 0 Å². The summed E-state index contributed by atoms with van der Waals surface area (Å²) in [5.41, 5.74) is 0. The lowest BCUT2D eigenvalue weighted by Crippen LogP contribution is -2.62. The summed E-state index contributed by atoms with van der Waals surface area (Å²) >= 11 is 0. The third kappa shape index (κ3) is 7.89. The SMILES string of the molecule is C=CCCCCCCCCC(=O)OC[C@@]1(O[C@H]2O[C@H](CO)[C@@H](O)[C@H](O)[C@H]2O)O[C@H](CO)[C@@H](O)[C@@H]1O. The molecule has 204 valence electrons. The molecular formula is C23H40O12. The molecule has 0 bridgehead atoms. The van der Waals surface area contributed by atoms with E-state index in [9.17, 15) is 40.5 Å². The quantitative estimate of drug-likeness (QED) is 0.0766. The Morgan fingerprint density at radius 1 is 0.857 bits per heavy atom. The fourth-order valence-electron chi connectivity index (χ4n) is 4.14. The van der Waals surface area contributed by atoms with Crippen LogP contribution >= 0.6 is 0 Å². The van der Waals surface area contributed by atoms with Gasteiger partial charge in [0, 0.05) is 6.42 Å². The van der Waals surface area contributed by atoms with E-state index < -0.39 is 80.6 Å². The van der Waals surface area contributed by atoms with Gasteiger partial charge in [0.25, 0.3) is 0 Å². The third-order valence-corrected chi connectivity index (χ3v) is 6.32. The Labute approximate surface area is 204 Å². The van der Waals surface area contributed by atoms with Crippen LogP contribution in [0.15, 0.2) is 12.7 Å². The number of allylic oxidation sites excluding steroid dienone is 1. The summed E-state index contributed by atoms with van der Waals surface area (Å²) in [5, 5.41) is 69.9. The summed E-state index contributed by atoms with van der Waals surface area (Å²) in [5.74, 6) is -2.85. The fraction of sp³-hybridized carbons (Fsp3) is 0.870. The highest BCUT2D eigenvalue weighted by Crippen LogP contribution is 2.36. The summed E-state index contributed by atoms with van der Waals surface area (Å²) in [6.45, 7) is 1.56. The number of unbranched alkanes of at least 4 members (excludes halogenated alkanes) is 6. The van der Waals surface area contributed by atoms with Crippen molar-refractivity contribution in [1.29, 1.82) is 0 Å². The predicted octanol–water partition coefficient (Wildman–Crippen LogP) is -1.54. The number of hydrogen-bond donors (Lipinski definition) is 7. The molecule has 2 saturated heterocycles. The van der Waals surface area contributed by atoms with Gasteiger partial charge in [-0.25, -0.2) is 0 Å². The summed E-state index contributed by atoms with van der Waals surface area (Å²) in [4.78, 5) is 12.3. The molecule has 2 rings (SSSR count). The molecule has 0 saturated carbocycles. The van der Waals surface area contributed by atoms with Crippen molar-refractivity contribution in [1.82, 2.24) is 0 Å². The normalized spacial score (nSPS) is 37.3. The number of carbonyl (C=O) groups excluding carboxylic acids is 1. The zero-order valence-electron chi connectivity index (χ0n) is 19.9. The Morgan fingerprint density at radius 3 is 2.09 bits per heavy atom. The van der Waals surface area contributed by atoms with Crippen LogP contribution in [0.3, 0.4) is 0 Å². The molecule has 0 aromatic carbocycles. The van der Waals surface area contributed by atoms with Gasteiger partial charge in [-0.2, -0.15) is 0 Å². The zero-order valence-corrected chi connectivity index (χ0v) is 19.9. The van der Waals surface area contributed by atoms with E-state index in [1.54, 1.807) is 0 Å². The maximum Gasteiger partial charge on any atom is 0.305 e. The van der Waals surface area contributed by atoms with Gasteiger partial charge in [-0.05, 0) is 19.3 Å². The summed E-state index contributed by atoms with van der Waals surface area (Å²) in [6, 6.07) is 0. The van der Waals surface area contributed by atoms with Gasteiger partial charge < -0.3 is 54.7 Å². The Balaban J connectivity index is 1.96. The maximum atomic E-state index is 12.3. The van der Waals surface area contributed by atoms with Crippen LogP contribution < -0.4 is 0 Å². The minimum Gasteiger partial charge on any atom is -0.460 e. The van der Waals surface area contributed by atoms with Crippen molar-refractivity contribution >= 4 is 5.97 Å². The van der Waals surface area contributed by atoms with Crippen LogP contribution in [0.1, 0.15) is 51.4 Å². The van der Waals surface area contributed by atoms with E-state index in [-0.39, 0.29) is 6.42 Å². The molecule has 0 aliphatic carbocycles. The highest BCUT2D eigenvalue weighted by Gasteiger charge is 2.59. The van der Waals surface area contributed by atoms with E-state index in [4.69, 9.17) is 18.9 Å². The predicted molar refractivity (Wildman–Crippen MR) is 120 cm³/mol. The van der Waals surface area contributed by atoms with Crippen molar-refractivity contribution in [3.05, 3.63) is 12.7 Å². The van der Waals surface area contributed by atoms with E-state index in [1.165, 1.54) is 0 Å². The molecule has 35 heavy (non-hydrogen) atoms. The first kappa shape index (κ1) is 30.0. The van der Waals surface area contributed by atoms with Crippen LogP contribution in [-0.2, 0) is 23.7 Å². The molecule has 0 aromatic rings. The molecule has 0 spiro atoms. The van der Waals surface area contributed by atoms with Crippen LogP contribution in [-0.4, -0.2) is 116 Å². The van der Waals surface area contributed by atoms with Gasteiger partial charge in [-0.15, -0.1) is 6.58 Å². The zero-order chi connectivity index (χ0) is 26.0. The van der Waals surface area contributed by atoms with E-state index in [0.717, 1.165) is 38.5 Å². The number of ether oxygens (including phenoxy) is 4. The lowest BCUT2D eigenvalue weighted by molar-refractivity contribution is -0.383. The van der Waals surface area contributed by atoms with Crippen LogP contribution in [0.5, 0.6) is 0 Å². The molecule has 2 aliphatic rings. The van der Waals surface area contributed by atoms with Gasteiger partial charge in [-0.1, -0.05) is 31.8 Å². The lowest BCUT2D eigenvalue weighted by Gasteiger charge is -2.43. The van der Waals surface area contributed by atoms with Crippen molar-refractivity contribution in [2.24, 2.45) is 0 Å². The summed E-state index contributed by atoms with van der Waals surface area (Å²) in [6.07, 6.45) is -4.40. The molecule has 2 aliphatic heterocycles. The Kier molecular flexibility index (Phi) is 12.5. The van der Waals surface area contributed by atoms with E-state index in [0.29, 0.717) is 6.42 Å². The minimum absolute atomic E-state index is 0.102. The summed E-state index contributed by atoms with van der Waals surface area (Å²) < 4.78 is 21.6. The van der Waals surface area contributed by atoms with Crippen LogP contribution in [0.25, 0.3) is 0 Å². The first-order chi connectivity index (χ1) is 16.7. The monoisotopic (exact) mass is 508 g/mol. The molecular weight excluding hydrogens is 468 g/mol. The lowest BCUT2D eigenvalue weighted by atomic mass is 9.99. The molecule has 9 atom stereocenters. The molecule has 0 aromatic heterocycles. The molecule has 2 heterocycles. The maximum absolute atomic E-state index is 12.3. The van der Waals surface area contributed by atoms with Gasteiger partial charge in [0.1, 0.15) is 49.3 Å². The van der Waals surface area contributed by atoms with Gasteiger partial charge in [-0.3, -0.25) is 4.79 Å². The van der Waals surface area contributed by atoms with Crippen molar-refractivity contribution in [2.45, 2.75) is 106 Å². The second kappa shape index (κ2) is 14.5. The average Bonchev–Trinajstić information content (AvgIpc) is 3.09. The topological polar surface area (TPSA) is 196 Å². The number of hydrogen-bond acceptors (Lipinski definition) is 12. The first-order valence-electron chi connectivity index (χ1n) is 12.1. The smallest absolute Gasteiger partial charge is 0.305 e. The number of aliphatic hydroxyl groups is 7. The van der Waals surface area contributed by atoms with Crippen LogP contribution in [0.2, 0.25) is 0 Å². The van der Waals surface area contributed by atoms with Crippen molar-refractivity contribution in [2.75, 3.05) is 19.8 Å². The van der Waals surface area contributed by atoms with Gasteiger partial charge in [0.15, 0.2) is 6.29 Å². The van der Waals surface area contributed by atoms with Crippen LogP contribution in [0, 0.1) is 0 Å². The second-order valence-electron chi connectivity index (χ2n) is 9.01. The Hall–Kier alpha value is -1.19. The van der Waals surface area contributed by atoms with E-state index in [1.807, 2.05) is 6.08 Å². The standard InChI is InChI=1S/C23H40O12/c1-2-3-4-5-6-7-8-9-10-16(26)32-13-23(21(31)18(28)15(12-25)34-23)35-22-20(30)19(29)17(27)14(11-24)33-22/h2,14-15,17-22,24-25,27-31H,1,3-13H2/t14-,15-,17-,18-,19+,20-,21+,22-,23+/m1/s1. The first-order valence-corrected chi connectivity index (χ1v) is 12.1. The molecule has 0 radical (unpaired) electrons. The second-order valence-corrected chi connectivity index (χ2v) is 9.01. The fourth-order valence-corrected chi connectivity index (χ4v) is 4.14. The van der Waals surface area contributed by atoms with Crippen molar-refractivity contribution in [3.8, 4) is 0 Å².